The molecule has 14 heavy (non-hydrogen) atoms. The smallest absolute Gasteiger partial charge is 0.167 e. The molecule has 3 heteroatoms. The summed E-state index contributed by atoms with van der Waals surface area (Å²) in [6.07, 6.45) is 5.57. The van der Waals surface area contributed by atoms with Gasteiger partial charge in [-0.2, -0.15) is 0 Å². The van der Waals surface area contributed by atoms with Gasteiger partial charge in [-0.25, -0.2) is 0 Å². The van der Waals surface area contributed by atoms with Gasteiger partial charge in [-0.1, -0.05) is 13.3 Å². The van der Waals surface area contributed by atoms with Gasteiger partial charge in [0, 0.05) is 25.6 Å². The van der Waals surface area contributed by atoms with E-state index >= 15 is 0 Å². The third-order valence-corrected chi connectivity index (χ3v) is 2.29. The van der Waals surface area contributed by atoms with Crippen molar-refractivity contribution < 1.29 is 9.90 Å². The summed E-state index contributed by atoms with van der Waals surface area (Å²) in [5.41, 5.74) is 0.423. The largest absolute Gasteiger partial charge is 0.512 e. The van der Waals surface area contributed by atoms with Crippen LogP contribution in [0.15, 0.2) is 16.3 Å². The molecule has 0 aromatic heterocycles. The van der Waals surface area contributed by atoms with Crippen molar-refractivity contribution in [2.45, 2.75) is 39.0 Å². The van der Waals surface area contributed by atoms with E-state index in [1.165, 1.54) is 6.21 Å². The number of hydrogen-bond acceptors (Lipinski definition) is 3. The van der Waals surface area contributed by atoms with Crippen molar-refractivity contribution in [3.63, 3.8) is 0 Å². The fourth-order valence-corrected chi connectivity index (χ4v) is 1.40. The Balaban J connectivity index is 2.56. The highest BCUT2D eigenvalue weighted by Crippen LogP contribution is 2.18. The standard InChI is InChI=1S/C11H17NO2/c1-2-3-7-12-8-9-10(13)5-4-6-11(9)14/h8,13H,2-7H2,1H3. The van der Waals surface area contributed by atoms with Gasteiger partial charge in [0.25, 0.3) is 0 Å². The van der Waals surface area contributed by atoms with E-state index in [9.17, 15) is 9.90 Å². The first kappa shape index (κ1) is 11.0. The van der Waals surface area contributed by atoms with E-state index in [1.807, 2.05) is 0 Å². The molecule has 0 unspecified atom stereocenters. The second kappa shape index (κ2) is 5.58. The SMILES string of the molecule is CCCCN=CC1=C(O)CCCC1=O. The maximum absolute atomic E-state index is 11.4. The van der Waals surface area contributed by atoms with Crippen molar-refractivity contribution >= 4 is 12.0 Å². The van der Waals surface area contributed by atoms with Gasteiger partial charge in [0.15, 0.2) is 5.78 Å². The van der Waals surface area contributed by atoms with Gasteiger partial charge in [0.1, 0.15) is 5.76 Å². The Morgan fingerprint density at radius 2 is 2.29 bits per heavy atom. The molecule has 0 amide bonds. The zero-order valence-electron chi connectivity index (χ0n) is 8.62. The molecule has 0 aromatic carbocycles. The Labute approximate surface area is 84.5 Å². The fraction of sp³-hybridized carbons (Fsp3) is 0.636. The fourth-order valence-electron chi connectivity index (χ4n) is 1.40. The number of allylic oxidation sites excluding steroid dienone is 2. The van der Waals surface area contributed by atoms with Crippen molar-refractivity contribution in [3.8, 4) is 0 Å². The molecule has 3 nitrogen and oxygen atoms in total. The molecule has 1 aliphatic carbocycles. The summed E-state index contributed by atoms with van der Waals surface area (Å²) < 4.78 is 0. The van der Waals surface area contributed by atoms with Crippen molar-refractivity contribution in [1.82, 2.24) is 0 Å². The van der Waals surface area contributed by atoms with E-state index in [1.54, 1.807) is 0 Å². The van der Waals surface area contributed by atoms with Crippen LogP contribution in [-0.2, 0) is 4.79 Å². The summed E-state index contributed by atoms with van der Waals surface area (Å²) in [7, 11) is 0. The van der Waals surface area contributed by atoms with Crippen LogP contribution in [0.2, 0.25) is 0 Å². The van der Waals surface area contributed by atoms with E-state index in [0.29, 0.717) is 18.4 Å². The Morgan fingerprint density at radius 1 is 1.50 bits per heavy atom. The average molecular weight is 195 g/mol. The van der Waals surface area contributed by atoms with Gasteiger partial charge in [-0.3, -0.25) is 9.79 Å². The predicted molar refractivity (Wildman–Crippen MR) is 56.8 cm³/mol. The highest BCUT2D eigenvalue weighted by molar-refractivity contribution is 6.14. The normalized spacial score (nSPS) is 18.2. The van der Waals surface area contributed by atoms with E-state index in [2.05, 4.69) is 11.9 Å². The number of aliphatic hydroxyl groups is 1. The Hall–Kier alpha value is -1.12. The van der Waals surface area contributed by atoms with Crippen molar-refractivity contribution in [3.05, 3.63) is 11.3 Å². The van der Waals surface area contributed by atoms with Gasteiger partial charge in [-0.05, 0) is 12.8 Å². The van der Waals surface area contributed by atoms with Crippen LogP contribution in [-0.4, -0.2) is 23.6 Å². The van der Waals surface area contributed by atoms with Crippen LogP contribution in [0.3, 0.4) is 0 Å². The second-order valence-electron chi connectivity index (χ2n) is 3.53. The number of ketones is 1. The molecule has 0 radical (unpaired) electrons. The number of nitrogens with zero attached hydrogens (tertiary/aromatic N) is 1. The number of hydrogen-bond donors (Lipinski definition) is 1. The topological polar surface area (TPSA) is 49.7 Å². The number of unbranched alkanes of at least 4 members (excludes halogenated alkanes) is 1. The van der Waals surface area contributed by atoms with Crippen LogP contribution in [0.1, 0.15) is 39.0 Å². The average Bonchev–Trinajstić information content (AvgIpc) is 2.16. The third kappa shape index (κ3) is 2.98. The monoisotopic (exact) mass is 195 g/mol. The van der Waals surface area contributed by atoms with Crippen LogP contribution in [0.25, 0.3) is 0 Å². The van der Waals surface area contributed by atoms with Gasteiger partial charge in [0.05, 0.1) is 5.57 Å². The molecule has 0 atom stereocenters. The summed E-state index contributed by atoms with van der Waals surface area (Å²) >= 11 is 0. The van der Waals surface area contributed by atoms with Gasteiger partial charge in [-0.15, -0.1) is 0 Å². The molecule has 1 aliphatic rings. The van der Waals surface area contributed by atoms with Crippen LogP contribution < -0.4 is 0 Å². The van der Waals surface area contributed by atoms with E-state index in [4.69, 9.17) is 0 Å². The minimum Gasteiger partial charge on any atom is -0.512 e. The first-order chi connectivity index (χ1) is 6.75. The van der Waals surface area contributed by atoms with E-state index < -0.39 is 0 Å². The number of carbonyl (C=O) groups excluding carboxylic acids is 1. The molecule has 1 N–H and O–H groups in total. The minimum atomic E-state index is 0.0222. The lowest BCUT2D eigenvalue weighted by Gasteiger charge is -2.10. The van der Waals surface area contributed by atoms with Crippen LogP contribution in [0.4, 0.5) is 0 Å². The molecule has 0 spiro atoms. The molecular weight excluding hydrogens is 178 g/mol. The summed E-state index contributed by atoms with van der Waals surface area (Å²) in [6, 6.07) is 0. The molecule has 0 saturated carbocycles. The number of Topliss-reactive ketones (excluding diaryl/α,β-unsaturated/α-hetero) is 1. The van der Waals surface area contributed by atoms with Crippen molar-refractivity contribution in [1.29, 1.82) is 0 Å². The van der Waals surface area contributed by atoms with Crippen molar-refractivity contribution in [2.75, 3.05) is 6.54 Å². The van der Waals surface area contributed by atoms with Crippen molar-refractivity contribution in [2.24, 2.45) is 4.99 Å². The van der Waals surface area contributed by atoms with Gasteiger partial charge in [0.2, 0.25) is 0 Å². The number of rotatable bonds is 4. The Bertz CT molecular complexity index is 266. The van der Waals surface area contributed by atoms with E-state index in [-0.39, 0.29) is 11.5 Å². The lowest BCUT2D eigenvalue weighted by Crippen LogP contribution is -2.12. The molecule has 0 saturated heterocycles. The Kier molecular flexibility index (Phi) is 4.36. The molecule has 0 fully saturated rings. The number of aliphatic hydroxyl groups excluding tert-OH is 1. The van der Waals surface area contributed by atoms with Gasteiger partial charge < -0.3 is 5.11 Å². The molecule has 0 aromatic rings. The first-order valence-corrected chi connectivity index (χ1v) is 5.21. The molecule has 0 bridgehead atoms. The molecule has 0 heterocycles. The summed E-state index contributed by atoms with van der Waals surface area (Å²) in [6.45, 7) is 2.83. The third-order valence-electron chi connectivity index (χ3n) is 2.29. The zero-order valence-corrected chi connectivity index (χ0v) is 8.62. The Morgan fingerprint density at radius 3 is 2.93 bits per heavy atom. The minimum absolute atomic E-state index is 0.0222. The summed E-state index contributed by atoms with van der Waals surface area (Å²) in [5, 5.41) is 9.46. The molecule has 78 valence electrons. The summed E-state index contributed by atoms with van der Waals surface area (Å²) in [5.74, 6) is 0.232. The maximum Gasteiger partial charge on any atom is 0.167 e. The highest BCUT2D eigenvalue weighted by Gasteiger charge is 2.17. The van der Waals surface area contributed by atoms with Crippen LogP contribution >= 0.6 is 0 Å². The highest BCUT2D eigenvalue weighted by atomic mass is 16.3. The predicted octanol–water partition coefficient (Wildman–Crippen LogP) is 2.42. The molecule has 0 aliphatic heterocycles. The molecular formula is C11H17NO2. The number of carbonyl (C=O) groups is 1. The quantitative estimate of drug-likeness (QED) is 0.553. The van der Waals surface area contributed by atoms with E-state index in [0.717, 1.165) is 25.8 Å². The molecule has 1 rings (SSSR count). The van der Waals surface area contributed by atoms with Crippen LogP contribution in [0, 0.1) is 0 Å². The second-order valence-corrected chi connectivity index (χ2v) is 3.53. The number of aliphatic imine (C=N–C) groups is 1. The summed E-state index contributed by atoms with van der Waals surface area (Å²) in [4.78, 5) is 15.5. The maximum atomic E-state index is 11.4. The zero-order chi connectivity index (χ0) is 10.4. The lowest BCUT2D eigenvalue weighted by molar-refractivity contribution is -0.115. The van der Waals surface area contributed by atoms with Crippen LogP contribution in [0.5, 0.6) is 0 Å². The first-order valence-electron chi connectivity index (χ1n) is 5.21. The van der Waals surface area contributed by atoms with Gasteiger partial charge >= 0.3 is 0 Å². The lowest BCUT2D eigenvalue weighted by atomic mass is 9.97.